The summed E-state index contributed by atoms with van der Waals surface area (Å²) >= 11 is 0. The summed E-state index contributed by atoms with van der Waals surface area (Å²) in [4.78, 5) is 16.1. The predicted molar refractivity (Wildman–Crippen MR) is 88.1 cm³/mol. The van der Waals surface area contributed by atoms with Crippen molar-refractivity contribution < 1.29 is 18.0 Å². The van der Waals surface area contributed by atoms with E-state index in [1.165, 1.54) is 16.8 Å². The molecule has 1 atom stereocenters. The number of nitrogens with zero attached hydrogens (tertiary/aromatic N) is 2. The van der Waals surface area contributed by atoms with E-state index in [-0.39, 0.29) is 23.2 Å². The third kappa shape index (κ3) is 2.75. The van der Waals surface area contributed by atoms with Crippen LogP contribution in [0.5, 0.6) is 0 Å². The number of pyridine rings is 1. The molecule has 4 nitrogen and oxygen atoms in total. The number of alkyl halides is 1. The van der Waals surface area contributed by atoms with Crippen molar-refractivity contribution in [1.29, 1.82) is 0 Å². The van der Waals surface area contributed by atoms with Crippen molar-refractivity contribution >= 4 is 16.9 Å². The maximum atomic E-state index is 14.2. The number of benzene rings is 1. The number of aromatic nitrogens is 2. The topological polar surface area (TPSA) is 60.9 Å². The second-order valence-corrected chi connectivity index (χ2v) is 5.68. The number of hydrogen-bond donors (Lipinski definition) is 1. The fourth-order valence-corrected chi connectivity index (χ4v) is 3.26. The van der Waals surface area contributed by atoms with Gasteiger partial charge in [0.1, 0.15) is 17.2 Å². The van der Waals surface area contributed by atoms with E-state index in [0.29, 0.717) is 11.0 Å². The van der Waals surface area contributed by atoms with Gasteiger partial charge in [0, 0.05) is 23.9 Å². The summed E-state index contributed by atoms with van der Waals surface area (Å²) < 4.78 is 43.1. The molecule has 1 aromatic carbocycles. The van der Waals surface area contributed by atoms with Gasteiger partial charge in [-0.3, -0.25) is 14.2 Å². The largest absolute Gasteiger partial charge is 0.365 e. The van der Waals surface area contributed by atoms with Gasteiger partial charge in [0.05, 0.1) is 23.8 Å². The minimum atomic E-state index is -0.817. The molecule has 7 heteroatoms. The highest BCUT2D eigenvalue weighted by Gasteiger charge is 2.27. The Balaban J connectivity index is 2.35. The van der Waals surface area contributed by atoms with Gasteiger partial charge in [-0.25, -0.2) is 8.78 Å². The summed E-state index contributed by atoms with van der Waals surface area (Å²) in [7, 11) is 0. The molecule has 0 fully saturated rings. The number of halogens is 3. The van der Waals surface area contributed by atoms with Crippen LogP contribution in [0.15, 0.2) is 36.5 Å². The Kier molecular flexibility index (Phi) is 4.48. The number of carbonyl (C=O) groups excluding carboxylic acids is 1. The standard InChI is InChI=1S/C18H16F3N3O/c1-10(15-11(20)4-2-5-12(15)21)24-13(7-8-19)16(18(22)25)17-14(24)6-3-9-23-17/h2-6,9-10H,7-8H2,1H3,(H2,22,25). The van der Waals surface area contributed by atoms with Crippen molar-refractivity contribution in [3.63, 3.8) is 0 Å². The van der Waals surface area contributed by atoms with E-state index < -0.39 is 30.3 Å². The Morgan fingerprint density at radius 1 is 1.24 bits per heavy atom. The number of rotatable bonds is 5. The molecule has 0 aliphatic carbocycles. The molecule has 2 heterocycles. The van der Waals surface area contributed by atoms with E-state index in [9.17, 15) is 18.0 Å². The minimum absolute atomic E-state index is 0.0804. The molecule has 3 rings (SSSR count). The van der Waals surface area contributed by atoms with Crippen molar-refractivity contribution in [2.24, 2.45) is 5.73 Å². The molecular weight excluding hydrogens is 331 g/mol. The number of amides is 1. The number of primary amides is 1. The lowest BCUT2D eigenvalue weighted by Crippen LogP contribution is -2.18. The highest BCUT2D eigenvalue weighted by Crippen LogP contribution is 2.33. The molecule has 0 bridgehead atoms. The molecule has 1 unspecified atom stereocenters. The molecule has 0 saturated carbocycles. The average molecular weight is 347 g/mol. The van der Waals surface area contributed by atoms with E-state index in [2.05, 4.69) is 4.98 Å². The zero-order valence-electron chi connectivity index (χ0n) is 13.5. The van der Waals surface area contributed by atoms with Crippen molar-refractivity contribution in [3.8, 4) is 0 Å². The molecular formula is C18H16F3N3O. The van der Waals surface area contributed by atoms with Gasteiger partial charge >= 0.3 is 0 Å². The van der Waals surface area contributed by atoms with Crippen LogP contribution in [0.4, 0.5) is 13.2 Å². The second kappa shape index (κ2) is 6.58. The van der Waals surface area contributed by atoms with Crippen molar-refractivity contribution in [3.05, 3.63) is 65.0 Å². The molecule has 130 valence electrons. The Hall–Kier alpha value is -2.83. The summed E-state index contributed by atoms with van der Waals surface area (Å²) in [5.74, 6) is -2.19. The lowest BCUT2D eigenvalue weighted by atomic mass is 10.1. The van der Waals surface area contributed by atoms with E-state index in [1.54, 1.807) is 19.1 Å². The highest BCUT2D eigenvalue weighted by molar-refractivity contribution is 6.06. The van der Waals surface area contributed by atoms with E-state index >= 15 is 0 Å². The molecule has 0 aliphatic heterocycles. The van der Waals surface area contributed by atoms with E-state index in [1.807, 2.05) is 0 Å². The number of carbonyl (C=O) groups is 1. The van der Waals surface area contributed by atoms with Crippen LogP contribution in [0.3, 0.4) is 0 Å². The highest BCUT2D eigenvalue weighted by atomic mass is 19.1. The summed E-state index contributed by atoms with van der Waals surface area (Å²) in [6.45, 7) is 0.837. The number of nitrogens with two attached hydrogens (primary N) is 1. The fourth-order valence-electron chi connectivity index (χ4n) is 3.26. The van der Waals surface area contributed by atoms with Crippen LogP contribution in [0.1, 0.15) is 34.6 Å². The van der Waals surface area contributed by atoms with Crippen LogP contribution in [0, 0.1) is 11.6 Å². The lowest BCUT2D eigenvalue weighted by molar-refractivity contribution is 0.100. The summed E-state index contributed by atoms with van der Waals surface area (Å²) in [5, 5.41) is 0. The third-order valence-electron chi connectivity index (χ3n) is 4.24. The molecule has 2 aromatic heterocycles. The van der Waals surface area contributed by atoms with Crippen molar-refractivity contribution in [1.82, 2.24) is 9.55 Å². The average Bonchev–Trinajstić information content (AvgIpc) is 2.89. The molecule has 1 amide bonds. The Morgan fingerprint density at radius 3 is 2.52 bits per heavy atom. The van der Waals surface area contributed by atoms with Gasteiger partial charge in [-0.1, -0.05) is 6.07 Å². The predicted octanol–water partition coefficient (Wildman–Crippen LogP) is 3.53. The summed E-state index contributed by atoms with van der Waals surface area (Å²) in [6.07, 6.45) is 1.36. The number of hydrogen-bond acceptors (Lipinski definition) is 2. The monoisotopic (exact) mass is 347 g/mol. The number of fused-ring (bicyclic) bond motifs is 1. The van der Waals surface area contributed by atoms with Crippen LogP contribution < -0.4 is 5.73 Å². The molecule has 0 radical (unpaired) electrons. The first-order valence-corrected chi connectivity index (χ1v) is 7.74. The van der Waals surface area contributed by atoms with Crippen LogP contribution in [-0.2, 0) is 6.42 Å². The molecule has 0 spiro atoms. The van der Waals surface area contributed by atoms with Crippen LogP contribution >= 0.6 is 0 Å². The molecule has 0 aliphatic rings. The quantitative estimate of drug-likeness (QED) is 0.767. The van der Waals surface area contributed by atoms with Gasteiger partial charge in [0.2, 0.25) is 0 Å². The van der Waals surface area contributed by atoms with Gasteiger partial charge in [-0.15, -0.1) is 0 Å². The third-order valence-corrected chi connectivity index (χ3v) is 4.24. The second-order valence-electron chi connectivity index (χ2n) is 5.68. The van der Waals surface area contributed by atoms with Gasteiger partial charge in [0.15, 0.2) is 0 Å². The Labute approximate surface area is 142 Å². The minimum Gasteiger partial charge on any atom is -0.365 e. The molecule has 2 N–H and O–H groups in total. The molecule has 0 saturated heterocycles. The first kappa shape index (κ1) is 17.0. The van der Waals surface area contributed by atoms with Crippen LogP contribution in [-0.4, -0.2) is 22.1 Å². The zero-order valence-corrected chi connectivity index (χ0v) is 13.5. The van der Waals surface area contributed by atoms with Crippen LogP contribution in [0.2, 0.25) is 0 Å². The van der Waals surface area contributed by atoms with Gasteiger partial charge in [0.25, 0.3) is 5.91 Å². The van der Waals surface area contributed by atoms with Crippen LogP contribution in [0.25, 0.3) is 11.0 Å². The van der Waals surface area contributed by atoms with E-state index in [4.69, 9.17) is 5.73 Å². The summed E-state index contributed by atoms with van der Waals surface area (Å²) in [6, 6.07) is 6.06. The Bertz CT molecular complexity index is 932. The van der Waals surface area contributed by atoms with Gasteiger partial charge in [-0.2, -0.15) is 0 Å². The lowest BCUT2D eigenvalue weighted by Gasteiger charge is -2.20. The SMILES string of the molecule is CC(c1c(F)cccc1F)n1c(CCF)c(C(N)=O)c2ncccc21. The normalized spacial score (nSPS) is 12.5. The van der Waals surface area contributed by atoms with Crippen molar-refractivity contribution in [2.75, 3.05) is 6.67 Å². The first-order valence-electron chi connectivity index (χ1n) is 7.74. The Morgan fingerprint density at radius 2 is 1.92 bits per heavy atom. The fraction of sp³-hybridized carbons (Fsp3) is 0.222. The van der Waals surface area contributed by atoms with Gasteiger partial charge in [-0.05, 0) is 31.2 Å². The maximum Gasteiger partial charge on any atom is 0.252 e. The smallest absolute Gasteiger partial charge is 0.252 e. The maximum absolute atomic E-state index is 14.2. The van der Waals surface area contributed by atoms with Crippen molar-refractivity contribution in [2.45, 2.75) is 19.4 Å². The van der Waals surface area contributed by atoms with E-state index in [0.717, 1.165) is 12.1 Å². The molecule has 25 heavy (non-hydrogen) atoms. The zero-order chi connectivity index (χ0) is 18.1. The first-order chi connectivity index (χ1) is 12.0. The summed E-state index contributed by atoms with van der Waals surface area (Å²) in [5.41, 5.74) is 6.41. The van der Waals surface area contributed by atoms with Gasteiger partial charge < -0.3 is 10.3 Å². The molecule has 3 aromatic rings.